The number of carboxylic acids is 3. The van der Waals surface area contributed by atoms with E-state index in [0.717, 1.165) is 0 Å². The maximum atomic E-state index is 10.5. The smallest absolute Gasteiger partial charge is 0.339 e. The zero-order valence-corrected chi connectivity index (χ0v) is 16.4. The second-order valence-corrected chi connectivity index (χ2v) is 5.72. The van der Waals surface area contributed by atoms with Crippen LogP contribution in [0.4, 0.5) is 5.69 Å². The van der Waals surface area contributed by atoms with E-state index in [1.165, 1.54) is 31.4 Å². The number of methoxy groups -OCH3 is 1. The number of carbonyl (C=O) groups is 3. The molecule has 0 aromatic heterocycles. The van der Waals surface area contributed by atoms with Crippen molar-refractivity contribution in [3.63, 3.8) is 0 Å². The third kappa shape index (κ3) is 7.78. The van der Waals surface area contributed by atoms with Crippen molar-refractivity contribution >= 4 is 23.6 Å². The first-order valence-electron chi connectivity index (χ1n) is 8.64. The summed E-state index contributed by atoms with van der Waals surface area (Å²) in [4.78, 5) is 31.1. The minimum Gasteiger partial charge on any atom is -0.507 e. The number of phenols is 1. The number of ether oxygens (including phenoxy) is 1. The van der Waals surface area contributed by atoms with Gasteiger partial charge in [0.2, 0.25) is 0 Å². The fourth-order valence-electron chi connectivity index (χ4n) is 2.17. The number of carboxylic acid groups (broad SMARTS) is 3. The monoisotopic (exact) mass is 427 g/mol. The van der Waals surface area contributed by atoms with Gasteiger partial charge in [0.05, 0.1) is 12.7 Å². The molecule has 0 aliphatic rings. The van der Waals surface area contributed by atoms with Crippen LogP contribution in [0.15, 0.2) is 72.8 Å². The van der Waals surface area contributed by atoms with E-state index in [9.17, 15) is 14.4 Å². The highest BCUT2D eigenvalue weighted by Crippen LogP contribution is 2.16. The minimum absolute atomic E-state index is 0.0671. The molecule has 3 aromatic carbocycles. The van der Waals surface area contributed by atoms with Gasteiger partial charge in [0.15, 0.2) is 0 Å². The van der Waals surface area contributed by atoms with Gasteiger partial charge in [-0.1, -0.05) is 36.4 Å². The van der Waals surface area contributed by atoms with Crippen molar-refractivity contribution in [3.8, 4) is 11.5 Å². The molecule has 0 saturated heterocycles. The van der Waals surface area contributed by atoms with Crippen LogP contribution < -0.4 is 10.5 Å². The van der Waals surface area contributed by atoms with Gasteiger partial charge in [0.1, 0.15) is 22.6 Å². The Hall–Kier alpha value is -4.53. The van der Waals surface area contributed by atoms with Crippen LogP contribution in [0, 0.1) is 0 Å². The van der Waals surface area contributed by atoms with E-state index in [1.54, 1.807) is 48.5 Å². The number of benzene rings is 3. The first-order chi connectivity index (χ1) is 14.7. The third-order valence-corrected chi connectivity index (χ3v) is 3.66. The Labute approximate surface area is 177 Å². The first kappa shape index (κ1) is 24.5. The standard InChI is InChI=1S/C8H8O3.C7H7NO2.C7H6O3/c1-11-7-5-3-2-4-6(7)8(9)10;2*8-6-4-2-1-3-5(6)7(9)10/h2-5H,1H3,(H,9,10);1-4H,8H2,(H,9,10);1-4,8H,(H,9,10). The van der Waals surface area contributed by atoms with Crippen molar-refractivity contribution in [1.29, 1.82) is 0 Å². The molecule has 6 N–H and O–H groups in total. The number of hydrogen-bond donors (Lipinski definition) is 5. The van der Waals surface area contributed by atoms with Crippen molar-refractivity contribution in [2.24, 2.45) is 0 Å². The first-order valence-corrected chi connectivity index (χ1v) is 8.64. The van der Waals surface area contributed by atoms with E-state index in [1.807, 2.05) is 0 Å². The Bertz CT molecular complexity index is 993. The van der Waals surface area contributed by atoms with Gasteiger partial charge in [-0.15, -0.1) is 0 Å². The molecule has 0 spiro atoms. The van der Waals surface area contributed by atoms with Gasteiger partial charge in [0, 0.05) is 5.69 Å². The molecule has 162 valence electrons. The van der Waals surface area contributed by atoms with Crippen molar-refractivity contribution in [2.75, 3.05) is 12.8 Å². The predicted octanol–water partition coefficient (Wildman–Crippen LogP) is 3.45. The topological polar surface area (TPSA) is 167 Å². The fourth-order valence-corrected chi connectivity index (χ4v) is 2.17. The molecule has 3 rings (SSSR count). The summed E-state index contributed by atoms with van der Waals surface area (Å²) in [5, 5.41) is 34.4. The summed E-state index contributed by atoms with van der Waals surface area (Å²) < 4.78 is 4.83. The third-order valence-electron chi connectivity index (χ3n) is 3.66. The Morgan fingerprint density at radius 3 is 1.45 bits per heavy atom. The summed E-state index contributed by atoms with van der Waals surface area (Å²) in [7, 11) is 1.45. The average molecular weight is 427 g/mol. The summed E-state index contributed by atoms with van der Waals surface area (Å²) in [5.41, 5.74) is 5.92. The van der Waals surface area contributed by atoms with Gasteiger partial charge in [0.25, 0.3) is 0 Å². The molecule has 0 heterocycles. The van der Waals surface area contributed by atoms with E-state index in [-0.39, 0.29) is 22.4 Å². The highest BCUT2D eigenvalue weighted by atomic mass is 16.5. The Balaban J connectivity index is 0.000000233. The zero-order chi connectivity index (χ0) is 23.4. The highest BCUT2D eigenvalue weighted by Gasteiger charge is 2.08. The van der Waals surface area contributed by atoms with Crippen LogP contribution in [-0.2, 0) is 0 Å². The number of nitrogens with two attached hydrogens (primary N) is 1. The summed E-state index contributed by atoms with van der Waals surface area (Å²) in [6.45, 7) is 0. The van der Waals surface area contributed by atoms with Crippen LogP contribution in [0.25, 0.3) is 0 Å². The Morgan fingerprint density at radius 2 is 1.10 bits per heavy atom. The number of aromatic hydroxyl groups is 1. The number of hydrogen-bond acceptors (Lipinski definition) is 6. The second-order valence-electron chi connectivity index (χ2n) is 5.72. The quantitative estimate of drug-likeness (QED) is 0.392. The average Bonchev–Trinajstić information content (AvgIpc) is 2.75. The Kier molecular flexibility index (Phi) is 9.58. The normalized spacial score (nSPS) is 9.19. The molecular formula is C22H21NO8. The number of para-hydroxylation sites is 3. The van der Waals surface area contributed by atoms with Crippen LogP contribution in [-0.4, -0.2) is 45.4 Å². The molecule has 0 bridgehead atoms. The Morgan fingerprint density at radius 1 is 0.677 bits per heavy atom. The molecule has 0 atom stereocenters. The fraction of sp³-hybridized carbons (Fsp3) is 0.0455. The van der Waals surface area contributed by atoms with E-state index in [4.69, 9.17) is 30.9 Å². The number of aromatic carboxylic acids is 3. The SMILES string of the molecule is COc1ccccc1C(=O)O.Nc1ccccc1C(=O)O.O=C(O)c1ccccc1O. The number of nitrogen functional groups attached to an aromatic ring is 1. The summed E-state index contributed by atoms with van der Waals surface area (Å²) in [5.74, 6) is -2.88. The van der Waals surface area contributed by atoms with Gasteiger partial charge in [-0.2, -0.15) is 0 Å². The lowest BCUT2D eigenvalue weighted by atomic mass is 10.2. The largest absolute Gasteiger partial charge is 0.507 e. The predicted molar refractivity (Wildman–Crippen MR) is 113 cm³/mol. The van der Waals surface area contributed by atoms with E-state index in [0.29, 0.717) is 11.4 Å². The number of rotatable bonds is 4. The lowest BCUT2D eigenvalue weighted by Crippen LogP contribution is -2.00. The van der Waals surface area contributed by atoms with Crippen LogP contribution in [0.2, 0.25) is 0 Å². The van der Waals surface area contributed by atoms with Crippen molar-refractivity contribution < 1.29 is 39.5 Å². The van der Waals surface area contributed by atoms with Crippen LogP contribution in [0.3, 0.4) is 0 Å². The summed E-state index contributed by atoms with van der Waals surface area (Å²) >= 11 is 0. The minimum atomic E-state index is -1.11. The van der Waals surface area contributed by atoms with Crippen molar-refractivity contribution in [2.45, 2.75) is 0 Å². The maximum absolute atomic E-state index is 10.5. The lowest BCUT2D eigenvalue weighted by molar-refractivity contribution is 0.0682. The summed E-state index contributed by atoms with van der Waals surface area (Å²) in [6.07, 6.45) is 0. The molecular weight excluding hydrogens is 406 g/mol. The van der Waals surface area contributed by atoms with Gasteiger partial charge in [-0.3, -0.25) is 0 Å². The summed E-state index contributed by atoms with van der Waals surface area (Å²) in [6, 6.07) is 18.7. The van der Waals surface area contributed by atoms with E-state index < -0.39 is 17.9 Å². The highest BCUT2D eigenvalue weighted by molar-refractivity contribution is 5.93. The molecule has 0 radical (unpaired) electrons. The van der Waals surface area contributed by atoms with E-state index >= 15 is 0 Å². The molecule has 0 aliphatic carbocycles. The second kappa shape index (κ2) is 12.1. The van der Waals surface area contributed by atoms with Gasteiger partial charge < -0.3 is 30.9 Å². The molecule has 9 nitrogen and oxygen atoms in total. The molecule has 0 saturated carbocycles. The van der Waals surface area contributed by atoms with Gasteiger partial charge in [-0.05, 0) is 36.4 Å². The molecule has 9 heteroatoms. The lowest BCUT2D eigenvalue weighted by Gasteiger charge is -2.01. The molecule has 0 aliphatic heterocycles. The van der Waals surface area contributed by atoms with Crippen LogP contribution >= 0.6 is 0 Å². The van der Waals surface area contributed by atoms with E-state index in [2.05, 4.69) is 0 Å². The maximum Gasteiger partial charge on any atom is 0.339 e. The van der Waals surface area contributed by atoms with Crippen LogP contribution in [0.1, 0.15) is 31.1 Å². The molecule has 0 unspecified atom stereocenters. The molecule has 0 amide bonds. The van der Waals surface area contributed by atoms with Crippen molar-refractivity contribution in [3.05, 3.63) is 89.5 Å². The molecule has 0 fully saturated rings. The molecule has 31 heavy (non-hydrogen) atoms. The van der Waals surface area contributed by atoms with Gasteiger partial charge in [-0.25, -0.2) is 14.4 Å². The zero-order valence-electron chi connectivity index (χ0n) is 16.4. The van der Waals surface area contributed by atoms with Gasteiger partial charge >= 0.3 is 17.9 Å². The molecule has 3 aromatic rings. The van der Waals surface area contributed by atoms with Crippen molar-refractivity contribution in [1.82, 2.24) is 0 Å². The number of anilines is 1. The van der Waals surface area contributed by atoms with Crippen LogP contribution in [0.5, 0.6) is 11.5 Å².